The highest BCUT2D eigenvalue weighted by Crippen LogP contribution is 2.28. The topological polar surface area (TPSA) is 81.9 Å². The van der Waals surface area contributed by atoms with E-state index in [1.165, 1.54) is 6.08 Å². The molecular weight excluding hydrogens is 344 g/mol. The van der Waals surface area contributed by atoms with E-state index in [-0.39, 0.29) is 18.9 Å². The van der Waals surface area contributed by atoms with Crippen molar-refractivity contribution in [2.45, 2.75) is 13.0 Å². The third kappa shape index (κ3) is 6.18. The molecule has 0 unspecified atom stereocenters. The molecule has 2 rings (SSSR count). The Kier molecular flexibility index (Phi) is 7.43. The minimum Gasteiger partial charge on any atom is -0.493 e. The standard InChI is InChI=1S/C21H24N2O4/c1-26-18-10-8-16(14-19(18)27-2)9-11-21(25)23(13-12-20(22)24)15-17-6-4-3-5-7-17/h3-11,14H,12-13,15H2,1-2H3,(H2,22,24)/b11-9+. The molecule has 27 heavy (non-hydrogen) atoms. The van der Waals surface area contributed by atoms with Gasteiger partial charge in [0.05, 0.1) is 14.2 Å². The van der Waals surface area contributed by atoms with E-state index >= 15 is 0 Å². The molecular formula is C21H24N2O4. The van der Waals surface area contributed by atoms with Crippen molar-refractivity contribution >= 4 is 17.9 Å². The van der Waals surface area contributed by atoms with Crippen molar-refractivity contribution in [3.63, 3.8) is 0 Å². The number of methoxy groups -OCH3 is 2. The van der Waals surface area contributed by atoms with Gasteiger partial charge in [0.1, 0.15) is 0 Å². The van der Waals surface area contributed by atoms with Gasteiger partial charge in [0.2, 0.25) is 11.8 Å². The minimum atomic E-state index is -0.440. The van der Waals surface area contributed by atoms with E-state index in [0.717, 1.165) is 11.1 Å². The molecule has 0 bridgehead atoms. The first-order valence-corrected chi connectivity index (χ1v) is 8.54. The first kappa shape index (κ1) is 20.0. The van der Waals surface area contributed by atoms with Crippen LogP contribution in [0.4, 0.5) is 0 Å². The SMILES string of the molecule is COc1ccc(/C=C/C(=O)N(CCC(N)=O)Cc2ccccc2)cc1OC. The van der Waals surface area contributed by atoms with Crippen LogP contribution in [-0.2, 0) is 16.1 Å². The van der Waals surface area contributed by atoms with Gasteiger partial charge in [-0.15, -0.1) is 0 Å². The van der Waals surface area contributed by atoms with Crippen molar-refractivity contribution in [1.29, 1.82) is 0 Å². The Labute approximate surface area is 159 Å². The van der Waals surface area contributed by atoms with E-state index in [2.05, 4.69) is 0 Å². The number of rotatable bonds is 9. The third-order valence-corrected chi connectivity index (χ3v) is 3.98. The highest BCUT2D eigenvalue weighted by atomic mass is 16.5. The van der Waals surface area contributed by atoms with Crippen LogP contribution >= 0.6 is 0 Å². The van der Waals surface area contributed by atoms with Crippen molar-refractivity contribution in [2.24, 2.45) is 5.73 Å². The molecule has 0 spiro atoms. The lowest BCUT2D eigenvalue weighted by Gasteiger charge is -2.20. The maximum Gasteiger partial charge on any atom is 0.246 e. The number of nitrogens with zero attached hydrogens (tertiary/aromatic N) is 1. The van der Waals surface area contributed by atoms with Gasteiger partial charge in [-0.05, 0) is 29.3 Å². The van der Waals surface area contributed by atoms with Gasteiger partial charge in [-0.2, -0.15) is 0 Å². The monoisotopic (exact) mass is 368 g/mol. The number of carbonyl (C=O) groups excluding carboxylic acids is 2. The van der Waals surface area contributed by atoms with Crippen LogP contribution in [0.3, 0.4) is 0 Å². The van der Waals surface area contributed by atoms with Gasteiger partial charge in [0, 0.05) is 25.6 Å². The number of carbonyl (C=O) groups is 2. The van der Waals surface area contributed by atoms with Crippen molar-refractivity contribution in [3.05, 3.63) is 65.7 Å². The van der Waals surface area contributed by atoms with Crippen molar-refractivity contribution < 1.29 is 19.1 Å². The molecule has 0 saturated heterocycles. The van der Waals surface area contributed by atoms with Crippen LogP contribution in [0, 0.1) is 0 Å². The lowest BCUT2D eigenvalue weighted by atomic mass is 10.1. The van der Waals surface area contributed by atoms with Gasteiger partial charge in [-0.25, -0.2) is 0 Å². The van der Waals surface area contributed by atoms with Gasteiger partial charge in [-0.3, -0.25) is 9.59 Å². The van der Waals surface area contributed by atoms with Crippen LogP contribution < -0.4 is 15.2 Å². The molecule has 0 saturated carbocycles. The van der Waals surface area contributed by atoms with E-state index in [4.69, 9.17) is 15.2 Å². The van der Waals surface area contributed by atoms with Gasteiger partial charge in [-0.1, -0.05) is 36.4 Å². The average molecular weight is 368 g/mol. The second kappa shape index (κ2) is 10.0. The van der Waals surface area contributed by atoms with E-state index in [1.807, 2.05) is 36.4 Å². The summed E-state index contributed by atoms with van der Waals surface area (Å²) < 4.78 is 10.5. The van der Waals surface area contributed by atoms with Crippen LogP contribution in [0.15, 0.2) is 54.6 Å². The fourth-order valence-electron chi connectivity index (χ4n) is 2.55. The zero-order valence-electron chi connectivity index (χ0n) is 15.6. The Morgan fingerprint density at radius 2 is 1.74 bits per heavy atom. The molecule has 0 radical (unpaired) electrons. The lowest BCUT2D eigenvalue weighted by Crippen LogP contribution is -2.32. The summed E-state index contributed by atoms with van der Waals surface area (Å²) in [7, 11) is 3.12. The fraction of sp³-hybridized carbons (Fsp3) is 0.238. The molecule has 142 valence electrons. The summed E-state index contributed by atoms with van der Waals surface area (Å²) in [5.74, 6) is 0.565. The van der Waals surface area contributed by atoms with Crippen molar-refractivity contribution in [2.75, 3.05) is 20.8 Å². The number of nitrogens with two attached hydrogens (primary N) is 1. The van der Waals surface area contributed by atoms with E-state index in [1.54, 1.807) is 37.3 Å². The Morgan fingerprint density at radius 1 is 1.04 bits per heavy atom. The highest BCUT2D eigenvalue weighted by Gasteiger charge is 2.12. The molecule has 2 amide bonds. The Bertz CT molecular complexity index is 803. The highest BCUT2D eigenvalue weighted by molar-refractivity contribution is 5.92. The maximum atomic E-state index is 12.6. The summed E-state index contributed by atoms with van der Waals surface area (Å²) in [5.41, 5.74) is 7.02. The molecule has 6 nitrogen and oxygen atoms in total. The molecule has 2 aromatic rings. The Morgan fingerprint density at radius 3 is 2.37 bits per heavy atom. The van der Waals surface area contributed by atoms with Crippen LogP contribution in [0.2, 0.25) is 0 Å². The summed E-state index contributed by atoms with van der Waals surface area (Å²) in [6, 6.07) is 15.0. The van der Waals surface area contributed by atoms with Crippen LogP contribution in [0.1, 0.15) is 17.5 Å². The second-order valence-corrected chi connectivity index (χ2v) is 5.91. The molecule has 0 heterocycles. The zero-order valence-corrected chi connectivity index (χ0v) is 15.6. The third-order valence-electron chi connectivity index (χ3n) is 3.98. The van der Waals surface area contributed by atoms with E-state index < -0.39 is 5.91 Å². The average Bonchev–Trinajstić information content (AvgIpc) is 2.69. The number of hydrogen-bond donors (Lipinski definition) is 1. The number of hydrogen-bond acceptors (Lipinski definition) is 4. The van der Waals surface area contributed by atoms with Crippen molar-refractivity contribution in [1.82, 2.24) is 4.90 Å². The molecule has 6 heteroatoms. The molecule has 0 aromatic heterocycles. The van der Waals surface area contributed by atoms with Gasteiger partial charge in [0.25, 0.3) is 0 Å². The molecule has 0 aliphatic rings. The minimum absolute atomic E-state index is 0.114. The molecule has 0 fully saturated rings. The predicted molar refractivity (Wildman–Crippen MR) is 104 cm³/mol. The summed E-state index contributed by atoms with van der Waals surface area (Å²) in [4.78, 5) is 25.4. The van der Waals surface area contributed by atoms with Crippen LogP contribution in [-0.4, -0.2) is 37.5 Å². The summed E-state index contributed by atoms with van der Waals surface area (Å²) >= 11 is 0. The van der Waals surface area contributed by atoms with Gasteiger partial charge in [0.15, 0.2) is 11.5 Å². The largest absolute Gasteiger partial charge is 0.493 e. The molecule has 0 aliphatic heterocycles. The summed E-state index contributed by atoms with van der Waals surface area (Å²) in [5, 5.41) is 0. The molecule has 0 atom stereocenters. The first-order valence-electron chi connectivity index (χ1n) is 8.54. The summed E-state index contributed by atoms with van der Waals surface area (Å²) in [6.45, 7) is 0.669. The zero-order chi connectivity index (χ0) is 19.6. The van der Waals surface area contributed by atoms with Gasteiger partial charge >= 0.3 is 0 Å². The number of amides is 2. The van der Waals surface area contributed by atoms with Gasteiger partial charge < -0.3 is 20.1 Å². The van der Waals surface area contributed by atoms with Crippen LogP contribution in [0.5, 0.6) is 11.5 Å². The second-order valence-electron chi connectivity index (χ2n) is 5.91. The van der Waals surface area contributed by atoms with E-state index in [0.29, 0.717) is 18.0 Å². The normalized spacial score (nSPS) is 10.6. The Hall–Kier alpha value is -3.28. The molecule has 2 aromatic carbocycles. The lowest BCUT2D eigenvalue weighted by molar-refractivity contribution is -0.127. The summed E-state index contributed by atoms with van der Waals surface area (Å²) in [6.07, 6.45) is 3.29. The number of primary amides is 1. The Balaban J connectivity index is 2.13. The number of ether oxygens (including phenoxy) is 2. The smallest absolute Gasteiger partial charge is 0.246 e. The van der Waals surface area contributed by atoms with Crippen molar-refractivity contribution in [3.8, 4) is 11.5 Å². The van der Waals surface area contributed by atoms with Crippen LogP contribution in [0.25, 0.3) is 6.08 Å². The fourth-order valence-corrected chi connectivity index (χ4v) is 2.55. The number of benzene rings is 2. The molecule has 0 aliphatic carbocycles. The molecule has 2 N–H and O–H groups in total. The predicted octanol–water partition coefficient (Wildman–Crippen LogP) is 2.62. The quantitative estimate of drug-likeness (QED) is 0.690. The van der Waals surface area contributed by atoms with E-state index in [9.17, 15) is 9.59 Å². The maximum absolute atomic E-state index is 12.6. The first-order chi connectivity index (χ1) is 13.0.